The molecule has 1 amide bonds. The highest BCUT2D eigenvalue weighted by Gasteiger charge is 2.28. The molecule has 1 saturated heterocycles. The van der Waals surface area contributed by atoms with Crippen LogP contribution in [0.4, 0.5) is 0 Å². The second-order valence-corrected chi connectivity index (χ2v) is 4.57. The van der Waals surface area contributed by atoms with E-state index in [0.29, 0.717) is 18.5 Å². The van der Waals surface area contributed by atoms with Crippen LogP contribution in [0.1, 0.15) is 42.5 Å². The van der Waals surface area contributed by atoms with Crippen molar-refractivity contribution < 1.29 is 14.7 Å². The summed E-state index contributed by atoms with van der Waals surface area (Å²) in [5.41, 5.74) is 0.539. The number of hydrogen-bond donors (Lipinski definition) is 2. The normalized spacial score (nSPS) is 19.8. The van der Waals surface area contributed by atoms with Crippen LogP contribution in [-0.4, -0.2) is 44.7 Å². The molecule has 1 aromatic rings. The molecule has 0 radical (unpaired) electrons. The number of aromatic amines is 1. The van der Waals surface area contributed by atoms with Gasteiger partial charge in [-0.2, -0.15) is 5.10 Å². The molecule has 98 valence electrons. The summed E-state index contributed by atoms with van der Waals surface area (Å²) >= 11 is 0. The summed E-state index contributed by atoms with van der Waals surface area (Å²) in [4.78, 5) is 24.7. The number of rotatable bonds is 4. The predicted octanol–water partition coefficient (Wildman–Crippen LogP) is 1.27. The van der Waals surface area contributed by atoms with Gasteiger partial charge in [-0.3, -0.25) is 14.7 Å². The molecule has 0 saturated carbocycles. The zero-order chi connectivity index (χ0) is 13.0. The van der Waals surface area contributed by atoms with Gasteiger partial charge in [-0.15, -0.1) is 0 Å². The molecule has 0 aliphatic carbocycles. The number of carbonyl (C=O) groups is 2. The van der Waals surface area contributed by atoms with Gasteiger partial charge >= 0.3 is 5.97 Å². The van der Waals surface area contributed by atoms with Crippen LogP contribution in [0.2, 0.25) is 0 Å². The van der Waals surface area contributed by atoms with Crippen molar-refractivity contribution >= 4 is 11.9 Å². The minimum atomic E-state index is -0.809. The van der Waals surface area contributed by atoms with E-state index >= 15 is 0 Å². The van der Waals surface area contributed by atoms with Gasteiger partial charge in [0.05, 0.1) is 11.8 Å². The van der Waals surface area contributed by atoms with E-state index in [2.05, 4.69) is 10.2 Å². The molecule has 1 atom stereocenters. The Hall–Kier alpha value is -1.85. The maximum absolute atomic E-state index is 12.2. The van der Waals surface area contributed by atoms with E-state index in [1.54, 1.807) is 11.1 Å². The highest BCUT2D eigenvalue weighted by molar-refractivity contribution is 5.94. The minimum absolute atomic E-state index is 0.0391. The summed E-state index contributed by atoms with van der Waals surface area (Å²) in [6, 6.07) is 0.0391. The number of amides is 1. The maximum atomic E-state index is 12.2. The molecular weight excluding hydrogens is 234 g/mol. The van der Waals surface area contributed by atoms with E-state index in [4.69, 9.17) is 5.11 Å². The molecule has 2 rings (SSSR count). The molecule has 1 aliphatic rings. The minimum Gasteiger partial charge on any atom is -0.481 e. The zero-order valence-electron chi connectivity index (χ0n) is 10.1. The van der Waals surface area contributed by atoms with Crippen LogP contribution in [-0.2, 0) is 4.79 Å². The standard InChI is InChI=1S/C12H17N3O3/c16-11(17)5-4-10-3-1-2-6-15(10)12(18)9-7-13-14-8-9/h7-8,10H,1-6H2,(H,13,14)(H,16,17)/t10-/m0/s1. The molecule has 1 fully saturated rings. The number of aliphatic carboxylic acids is 1. The van der Waals surface area contributed by atoms with Crippen LogP contribution in [0.5, 0.6) is 0 Å². The van der Waals surface area contributed by atoms with E-state index in [0.717, 1.165) is 19.3 Å². The second-order valence-electron chi connectivity index (χ2n) is 4.57. The summed E-state index contributed by atoms with van der Waals surface area (Å²) in [5.74, 6) is -0.866. The van der Waals surface area contributed by atoms with Crippen LogP contribution >= 0.6 is 0 Å². The first-order valence-electron chi connectivity index (χ1n) is 6.20. The molecule has 1 aromatic heterocycles. The smallest absolute Gasteiger partial charge is 0.303 e. The second kappa shape index (κ2) is 5.66. The van der Waals surface area contributed by atoms with Gasteiger partial charge in [0.25, 0.3) is 5.91 Å². The first-order valence-corrected chi connectivity index (χ1v) is 6.20. The SMILES string of the molecule is O=C(O)CC[C@@H]1CCCCN1C(=O)c1cn[nH]c1. The number of carboxylic acids is 1. The van der Waals surface area contributed by atoms with Crippen molar-refractivity contribution in [2.24, 2.45) is 0 Å². The maximum Gasteiger partial charge on any atom is 0.303 e. The van der Waals surface area contributed by atoms with Gasteiger partial charge in [-0.25, -0.2) is 0 Å². The molecule has 2 heterocycles. The monoisotopic (exact) mass is 251 g/mol. The van der Waals surface area contributed by atoms with Gasteiger partial charge in [0.2, 0.25) is 0 Å². The van der Waals surface area contributed by atoms with Gasteiger partial charge < -0.3 is 10.0 Å². The van der Waals surface area contributed by atoms with Crippen molar-refractivity contribution in [3.8, 4) is 0 Å². The fourth-order valence-electron chi connectivity index (χ4n) is 2.39. The lowest BCUT2D eigenvalue weighted by molar-refractivity contribution is -0.137. The third kappa shape index (κ3) is 2.88. The third-order valence-electron chi connectivity index (χ3n) is 3.32. The number of H-pyrrole nitrogens is 1. The van der Waals surface area contributed by atoms with Gasteiger partial charge in [0, 0.05) is 25.2 Å². The summed E-state index contributed by atoms with van der Waals surface area (Å²) in [6.07, 6.45) is 6.64. The van der Waals surface area contributed by atoms with E-state index in [1.807, 2.05) is 0 Å². The average Bonchev–Trinajstić information content (AvgIpc) is 2.89. The quantitative estimate of drug-likeness (QED) is 0.843. The average molecular weight is 251 g/mol. The highest BCUT2D eigenvalue weighted by Crippen LogP contribution is 2.22. The Morgan fingerprint density at radius 3 is 3.00 bits per heavy atom. The Balaban J connectivity index is 2.03. The number of piperidine rings is 1. The van der Waals surface area contributed by atoms with Crippen molar-refractivity contribution in [3.05, 3.63) is 18.0 Å². The van der Waals surface area contributed by atoms with Gasteiger partial charge in [0.15, 0.2) is 0 Å². The topological polar surface area (TPSA) is 86.3 Å². The number of likely N-dealkylation sites (tertiary alicyclic amines) is 1. The number of aromatic nitrogens is 2. The molecule has 6 heteroatoms. The van der Waals surface area contributed by atoms with Crippen LogP contribution < -0.4 is 0 Å². The van der Waals surface area contributed by atoms with Crippen LogP contribution in [0.25, 0.3) is 0 Å². The summed E-state index contributed by atoms with van der Waals surface area (Å²) < 4.78 is 0. The van der Waals surface area contributed by atoms with E-state index in [9.17, 15) is 9.59 Å². The van der Waals surface area contributed by atoms with E-state index in [-0.39, 0.29) is 18.4 Å². The van der Waals surface area contributed by atoms with Crippen molar-refractivity contribution in [1.82, 2.24) is 15.1 Å². The number of carboxylic acid groups (broad SMARTS) is 1. The van der Waals surface area contributed by atoms with Gasteiger partial charge in [-0.05, 0) is 25.7 Å². The fraction of sp³-hybridized carbons (Fsp3) is 0.583. The van der Waals surface area contributed by atoms with Gasteiger partial charge in [0.1, 0.15) is 0 Å². The number of hydrogen-bond acceptors (Lipinski definition) is 3. The Labute approximate surface area is 105 Å². The van der Waals surface area contributed by atoms with E-state index in [1.165, 1.54) is 6.20 Å². The Morgan fingerprint density at radius 2 is 2.33 bits per heavy atom. The molecule has 2 N–H and O–H groups in total. The number of carbonyl (C=O) groups excluding carboxylic acids is 1. The molecular formula is C12H17N3O3. The molecule has 0 spiro atoms. The first-order chi connectivity index (χ1) is 8.68. The van der Waals surface area contributed by atoms with Crippen LogP contribution in [0, 0.1) is 0 Å². The predicted molar refractivity (Wildman–Crippen MR) is 64.1 cm³/mol. The highest BCUT2D eigenvalue weighted by atomic mass is 16.4. The van der Waals surface area contributed by atoms with Crippen LogP contribution in [0.3, 0.4) is 0 Å². The Kier molecular flexibility index (Phi) is 3.96. The zero-order valence-corrected chi connectivity index (χ0v) is 10.1. The lowest BCUT2D eigenvalue weighted by atomic mass is 9.97. The summed E-state index contributed by atoms with van der Waals surface area (Å²) in [5, 5.41) is 15.1. The summed E-state index contributed by atoms with van der Waals surface area (Å²) in [6.45, 7) is 0.703. The molecule has 0 unspecified atom stereocenters. The Morgan fingerprint density at radius 1 is 1.50 bits per heavy atom. The lowest BCUT2D eigenvalue weighted by Gasteiger charge is -2.35. The van der Waals surface area contributed by atoms with Crippen molar-refractivity contribution in [1.29, 1.82) is 0 Å². The molecule has 6 nitrogen and oxygen atoms in total. The molecule has 0 bridgehead atoms. The van der Waals surface area contributed by atoms with Crippen LogP contribution in [0.15, 0.2) is 12.4 Å². The van der Waals surface area contributed by atoms with Crippen molar-refractivity contribution in [3.63, 3.8) is 0 Å². The summed E-state index contributed by atoms with van der Waals surface area (Å²) in [7, 11) is 0. The molecule has 18 heavy (non-hydrogen) atoms. The van der Waals surface area contributed by atoms with Crippen molar-refractivity contribution in [2.45, 2.75) is 38.1 Å². The van der Waals surface area contributed by atoms with E-state index < -0.39 is 5.97 Å². The van der Waals surface area contributed by atoms with Gasteiger partial charge in [-0.1, -0.05) is 0 Å². The number of nitrogens with zero attached hydrogens (tertiary/aromatic N) is 2. The molecule has 1 aliphatic heterocycles. The Bertz CT molecular complexity index is 416. The first kappa shape index (κ1) is 12.6. The fourth-order valence-corrected chi connectivity index (χ4v) is 2.39. The lowest BCUT2D eigenvalue weighted by Crippen LogP contribution is -2.43. The third-order valence-corrected chi connectivity index (χ3v) is 3.32. The largest absolute Gasteiger partial charge is 0.481 e. The van der Waals surface area contributed by atoms with Crippen molar-refractivity contribution in [2.75, 3.05) is 6.54 Å². The number of nitrogens with one attached hydrogen (secondary N) is 1. The molecule has 0 aromatic carbocycles.